The van der Waals surface area contributed by atoms with Crippen LogP contribution in [0.3, 0.4) is 0 Å². The Balaban J connectivity index is 0.000000188. The second-order valence-electron chi connectivity index (χ2n) is 13.7. The Bertz CT molecular complexity index is 3020. The number of fused-ring (bicyclic) bond motifs is 3. The Hall–Kier alpha value is -5.64. The Kier molecular flexibility index (Phi) is 10.9. The highest BCUT2D eigenvalue weighted by atomic mass is 35.5. The highest BCUT2D eigenvalue weighted by Crippen LogP contribution is 2.38. The van der Waals surface area contributed by atoms with Crippen molar-refractivity contribution in [3.8, 4) is 22.5 Å². The van der Waals surface area contributed by atoms with Crippen LogP contribution < -0.4 is 5.73 Å². The van der Waals surface area contributed by atoms with Crippen molar-refractivity contribution in [2.75, 3.05) is 12.5 Å². The first kappa shape index (κ1) is 40.6. The molecule has 0 bridgehead atoms. The Morgan fingerprint density at radius 2 is 0.914 bits per heavy atom. The van der Waals surface area contributed by atoms with E-state index in [0.29, 0.717) is 71.4 Å². The Labute approximate surface area is 344 Å². The van der Waals surface area contributed by atoms with Gasteiger partial charge in [-0.3, -0.25) is 14.5 Å². The predicted molar refractivity (Wildman–Crippen MR) is 224 cm³/mol. The highest BCUT2D eigenvalue weighted by molar-refractivity contribution is 7.91. The zero-order valence-corrected chi connectivity index (χ0v) is 34.5. The van der Waals surface area contributed by atoms with Crippen LogP contribution in [0.25, 0.3) is 44.6 Å². The molecule has 0 aliphatic carbocycles. The highest BCUT2D eigenvalue weighted by Gasteiger charge is 2.40. The van der Waals surface area contributed by atoms with Crippen LogP contribution in [-0.4, -0.2) is 66.0 Å². The number of imide groups is 1. The molecule has 2 atom stereocenters. The third kappa shape index (κ3) is 7.56. The van der Waals surface area contributed by atoms with E-state index in [-0.39, 0.29) is 15.5 Å². The molecule has 0 unspecified atom stereocenters. The summed E-state index contributed by atoms with van der Waals surface area (Å²) >= 11 is 12.6. The van der Waals surface area contributed by atoms with Crippen LogP contribution in [-0.2, 0) is 19.7 Å². The number of halogens is 2. The van der Waals surface area contributed by atoms with Gasteiger partial charge in [-0.15, -0.1) is 0 Å². The first-order valence-electron chi connectivity index (χ1n) is 17.7. The maximum absolute atomic E-state index is 13.2. The monoisotopic (exact) mass is 852 g/mol. The standard InChI is InChI=1S/C25H18ClN3O4S.C17H16ClN3O2S/c1-14(29-24(30)15-8-3-4-9-16(15)25(29)31)21-22(17-10-5-6-13-20(17)34(2,32)33)28-23-18(26)11-7-12-19(23)27-21;1-10(19)15-16(11-6-3-4-9-14(11)24(2,22)23)21-17-12(18)7-5-8-13(17)20-15/h3-14H,1-2H3;3-10H,19H2,1-2H3/t14-;10-/m00/s1. The Morgan fingerprint density at radius 3 is 1.33 bits per heavy atom. The maximum atomic E-state index is 13.2. The van der Waals surface area contributed by atoms with Gasteiger partial charge in [-0.2, -0.15) is 0 Å². The molecule has 2 amide bonds. The largest absolute Gasteiger partial charge is 0.323 e. The molecule has 0 radical (unpaired) electrons. The molecule has 2 N–H and O–H groups in total. The molecule has 294 valence electrons. The zero-order chi connectivity index (χ0) is 41.7. The minimum Gasteiger partial charge on any atom is -0.323 e. The van der Waals surface area contributed by atoms with Crippen molar-refractivity contribution in [2.24, 2.45) is 5.73 Å². The van der Waals surface area contributed by atoms with Crippen LogP contribution in [0.2, 0.25) is 10.0 Å². The van der Waals surface area contributed by atoms with Crippen LogP contribution >= 0.6 is 23.2 Å². The minimum atomic E-state index is -3.62. The molecule has 0 saturated carbocycles. The summed E-state index contributed by atoms with van der Waals surface area (Å²) in [4.78, 5) is 46.3. The molecule has 0 fully saturated rings. The van der Waals surface area contributed by atoms with E-state index in [1.54, 1.807) is 117 Å². The maximum Gasteiger partial charge on any atom is 0.262 e. The first-order chi connectivity index (χ1) is 27.5. The second kappa shape index (κ2) is 15.6. The fourth-order valence-electron chi connectivity index (χ4n) is 6.77. The summed E-state index contributed by atoms with van der Waals surface area (Å²) in [5, 5.41) is 0.803. The number of nitrogens with zero attached hydrogens (tertiary/aromatic N) is 5. The van der Waals surface area contributed by atoms with Gasteiger partial charge >= 0.3 is 0 Å². The van der Waals surface area contributed by atoms with Crippen molar-refractivity contribution in [1.29, 1.82) is 0 Å². The number of nitrogens with two attached hydrogens (primary N) is 1. The molecule has 0 spiro atoms. The summed E-state index contributed by atoms with van der Waals surface area (Å²) < 4.78 is 49.4. The number of sulfone groups is 2. The second-order valence-corrected chi connectivity index (χ2v) is 18.4. The van der Waals surface area contributed by atoms with Gasteiger partial charge in [-0.1, -0.05) is 83.9 Å². The molecule has 5 aromatic carbocycles. The number of rotatable bonds is 7. The molecule has 0 saturated heterocycles. The van der Waals surface area contributed by atoms with E-state index in [2.05, 4.69) is 9.97 Å². The normalized spacial score (nSPS) is 13.9. The number of carbonyl (C=O) groups is 2. The van der Waals surface area contributed by atoms with Gasteiger partial charge in [0, 0.05) is 29.7 Å². The molecule has 12 nitrogen and oxygen atoms in total. The van der Waals surface area contributed by atoms with Crippen molar-refractivity contribution in [3.05, 3.63) is 142 Å². The SMILES string of the molecule is C[C@@H](c1nc2cccc(Cl)c2nc1-c1ccccc1S(C)(=O)=O)N1C(=O)c2ccccc2C1=O.C[C@H](N)c1nc2cccc(Cl)c2nc1-c1ccccc1S(C)(=O)=O. The minimum absolute atomic E-state index is 0.0616. The molecular weight excluding hydrogens is 820 g/mol. The van der Waals surface area contributed by atoms with E-state index >= 15 is 0 Å². The topological polar surface area (TPSA) is 183 Å². The molecule has 58 heavy (non-hydrogen) atoms. The van der Waals surface area contributed by atoms with Crippen molar-refractivity contribution in [2.45, 2.75) is 35.7 Å². The average Bonchev–Trinajstić information content (AvgIpc) is 3.45. The summed E-state index contributed by atoms with van der Waals surface area (Å²) in [6.45, 7) is 3.46. The lowest BCUT2D eigenvalue weighted by molar-refractivity contribution is 0.0592. The number of amides is 2. The van der Waals surface area contributed by atoms with E-state index in [9.17, 15) is 26.4 Å². The van der Waals surface area contributed by atoms with E-state index < -0.39 is 43.6 Å². The van der Waals surface area contributed by atoms with Gasteiger partial charge in [-0.05, 0) is 62.4 Å². The van der Waals surface area contributed by atoms with Crippen molar-refractivity contribution in [3.63, 3.8) is 0 Å². The molecule has 2 aromatic heterocycles. The average molecular weight is 854 g/mol. The van der Waals surface area contributed by atoms with Gasteiger partial charge in [0.2, 0.25) is 0 Å². The number of aromatic nitrogens is 4. The van der Waals surface area contributed by atoms with Gasteiger partial charge in [0.05, 0.1) is 70.8 Å². The van der Waals surface area contributed by atoms with E-state index in [0.717, 1.165) is 11.2 Å². The molecule has 3 heterocycles. The van der Waals surface area contributed by atoms with Crippen molar-refractivity contribution >= 4 is 76.8 Å². The zero-order valence-electron chi connectivity index (χ0n) is 31.4. The van der Waals surface area contributed by atoms with Gasteiger partial charge in [0.25, 0.3) is 11.8 Å². The van der Waals surface area contributed by atoms with Crippen LogP contribution in [0, 0.1) is 0 Å². The van der Waals surface area contributed by atoms with Crippen LogP contribution in [0.5, 0.6) is 0 Å². The summed E-state index contributed by atoms with van der Waals surface area (Å²) in [5.74, 6) is -0.883. The molecule has 16 heteroatoms. The number of hydrogen-bond acceptors (Lipinski definition) is 11. The predicted octanol–water partition coefficient (Wildman–Crippen LogP) is 8.08. The fraction of sp³-hybridized carbons (Fsp3) is 0.143. The third-order valence-electron chi connectivity index (χ3n) is 9.47. The number of carbonyl (C=O) groups excluding carboxylic acids is 2. The molecule has 1 aliphatic heterocycles. The number of para-hydroxylation sites is 2. The number of benzene rings is 5. The molecular formula is C42H34Cl2N6O6S2. The fourth-order valence-corrected chi connectivity index (χ4v) is 8.98. The van der Waals surface area contributed by atoms with Gasteiger partial charge in [0.1, 0.15) is 11.0 Å². The summed E-state index contributed by atoms with van der Waals surface area (Å²) in [6, 6.07) is 28.9. The lowest BCUT2D eigenvalue weighted by atomic mass is 10.0. The third-order valence-corrected chi connectivity index (χ3v) is 12.4. The van der Waals surface area contributed by atoms with Crippen LogP contribution in [0.1, 0.15) is 58.0 Å². The summed E-state index contributed by atoms with van der Waals surface area (Å²) in [5.41, 5.74) is 11.0. The van der Waals surface area contributed by atoms with E-state index in [1.165, 1.54) is 12.3 Å². The van der Waals surface area contributed by atoms with Gasteiger partial charge in [0.15, 0.2) is 19.7 Å². The van der Waals surface area contributed by atoms with Crippen molar-refractivity contribution in [1.82, 2.24) is 24.8 Å². The number of hydrogen-bond donors (Lipinski definition) is 1. The summed E-state index contributed by atoms with van der Waals surface area (Å²) in [7, 11) is -7.05. The smallest absolute Gasteiger partial charge is 0.262 e. The van der Waals surface area contributed by atoms with Crippen molar-refractivity contribution < 1.29 is 26.4 Å². The Morgan fingerprint density at radius 1 is 0.534 bits per heavy atom. The molecule has 8 rings (SSSR count). The van der Waals surface area contributed by atoms with Gasteiger partial charge < -0.3 is 5.73 Å². The van der Waals surface area contributed by atoms with E-state index in [4.69, 9.17) is 38.9 Å². The molecule has 7 aromatic rings. The quantitative estimate of drug-likeness (QED) is 0.153. The first-order valence-corrected chi connectivity index (χ1v) is 22.2. The summed E-state index contributed by atoms with van der Waals surface area (Å²) in [6.07, 6.45) is 2.28. The lowest BCUT2D eigenvalue weighted by Gasteiger charge is -2.24. The van der Waals surface area contributed by atoms with Gasteiger partial charge in [-0.25, -0.2) is 36.8 Å². The van der Waals surface area contributed by atoms with Crippen LogP contribution in [0.15, 0.2) is 119 Å². The van der Waals surface area contributed by atoms with E-state index in [1.807, 2.05) is 0 Å². The lowest BCUT2D eigenvalue weighted by Crippen LogP contribution is -2.33. The molecule has 1 aliphatic rings. The van der Waals surface area contributed by atoms with Crippen LogP contribution in [0.4, 0.5) is 0 Å².